The van der Waals surface area contributed by atoms with Crippen LogP contribution in [0.4, 0.5) is 4.79 Å². The molecule has 3 heterocycles. The van der Waals surface area contributed by atoms with E-state index in [4.69, 9.17) is 23.7 Å². The van der Waals surface area contributed by atoms with E-state index in [-0.39, 0.29) is 11.5 Å². The van der Waals surface area contributed by atoms with Gasteiger partial charge in [0.15, 0.2) is 17.9 Å². The zero-order chi connectivity index (χ0) is 21.7. The molecule has 3 aliphatic heterocycles. The predicted molar refractivity (Wildman–Crippen MR) is 103 cm³/mol. The van der Waals surface area contributed by atoms with Gasteiger partial charge in [0.05, 0.1) is 17.5 Å². The molecule has 0 aromatic heterocycles. The number of benzene rings is 1. The van der Waals surface area contributed by atoms with Gasteiger partial charge >= 0.3 is 6.03 Å². The van der Waals surface area contributed by atoms with Gasteiger partial charge in [0.1, 0.15) is 18.3 Å². The first-order chi connectivity index (χ1) is 14.0. The van der Waals surface area contributed by atoms with Gasteiger partial charge in [-0.05, 0) is 39.8 Å². The maximum absolute atomic E-state index is 12.6. The van der Waals surface area contributed by atoms with Gasteiger partial charge in [-0.2, -0.15) is 0 Å². The number of nitrogens with one attached hydrogen (secondary N) is 2. The van der Waals surface area contributed by atoms with E-state index >= 15 is 0 Å². The molecule has 1 unspecified atom stereocenters. The molecule has 1 aromatic rings. The van der Waals surface area contributed by atoms with E-state index in [2.05, 4.69) is 5.32 Å². The summed E-state index contributed by atoms with van der Waals surface area (Å²) < 4.78 is 56.1. The number of carbonyl (C=O) groups excluding carboxylic acids is 1. The number of amides is 2. The van der Waals surface area contributed by atoms with E-state index < -0.39 is 58.3 Å². The van der Waals surface area contributed by atoms with Crippen molar-refractivity contribution in [2.75, 3.05) is 6.61 Å². The first-order valence-corrected chi connectivity index (χ1v) is 11.2. The van der Waals surface area contributed by atoms with Gasteiger partial charge in [-0.25, -0.2) is 17.9 Å². The largest absolute Gasteiger partial charge is 0.348 e. The van der Waals surface area contributed by atoms with Crippen LogP contribution in [0.5, 0.6) is 0 Å². The molecule has 4 rings (SSSR count). The number of hydrogen-bond acceptors (Lipinski definition) is 8. The quantitative estimate of drug-likeness (QED) is 0.710. The highest BCUT2D eigenvalue weighted by Crippen LogP contribution is 2.40. The molecule has 0 aliphatic carbocycles. The summed E-state index contributed by atoms with van der Waals surface area (Å²) in [5.74, 6) is -1.70. The first kappa shape index (κ1) is 21.5. The summed E-state index contributed by atoms with van der Waals surface area (Å²) in [6.07, 6.45) is -2.50. The fourth-order valence-corrected chi connectivity index (χ4v) is 4.79. The van der Waals surface area contributed by atoms with Gasteiger partial charge in [0.25, 0.3) is 10.0 Å². The van der Waals surface area contributed by atoms with Crippen LogP contribution in [-0.2, 0) is 33.7 Å². The zero-order valence-electron chi connectivity index (χ0n) is 17.2. The van der Waals surface area contributed by atoms with Crippen LogP contribution in [-0.4, -0.2) is 63.3 Å². The monoisotopic (exact) mass is 442 g/mol. The van der Waals surface area contributed by atoms with Crippen LogP contribution >= 0.6 is 0 Å². The highest BCUT2D eigenvalue weighted by Gasteiger charge is 2.58. The number of carbonyl (C=O) groups is 1. The van der Waals surface area contributed by atoms with Crippen LogP contribution in [0.3, 0.4) is 0 Å². The second-order valence-corrected chi connectivity index (χ2v) is 10.0. The van der Waals surface area contributed by atoms with Crippen molar-refractivity contribution >= 4 is 16.1 Å². The molecule has 3 fully saturated rings. The first-order valence-electron chi connectivity index (χ1n) is 9.67. The van der Waals surface area contributed by atoms with Gasteiger partial charge in [-0.1, -0.05) is 18.2 Å². The molecule has 2 N–H and O–H groups in total. The third-order valence-electron chi connectivity index (χ3n) is 5.06. The third kappa shape index (κ3) is 4.32. The van der Waals surface area contributed by atoms with Crippen molar-refractivity contribution in [3.63, 3.8) is 0 Å². The zero-order valence-corrected chi connectivity index (χ0v) is 18.0. The molecule has 11 heteroatoms. The minimum absolute atomic E-state index is 0.0203. The molecule has 1 aromatic carbocycles. The van der Waals surface area contributed by atoms with Gasteiger partial charge in [-0.15, -0.1) is 0 Å². The van der Waals surface area contributed by atoms with Crippen LogP contribution in [0.25, 0.3) is 0 Å². The minimum atomic E-state index is -4.03. The molecule has 0 bridgehead atoms. The van der Waals surface area contributed by atoms with Crippen molar-refractivity contribution in [3.8, 4) is 0 Å². The number of urea groups is 1. The Bertz CT molecular complexity index is 904. The van der Waals surface area contributed by atoms with E-state index in [0.29, 0.717) is 0 Å². The lowest BCUT2D eigenvalue weighted by Gasteiger charge is -2.29. The summed E-state index contributed by atoms with van der Waals surface area (Å²) in [6.45, 7) is 7.28. The average molecular weight is 442 g/mol. The van der Waals surface area contributed by atoms with Crippen molar-refractivity contribution in [1.29, 1.82) is 0 Å². The Morgan fingerprint density at radius 1 is 1.00 bits per heavy atom. The Morgan fingerprint density at radius 3 is 2.33 bits per heavy atom. The highest BCUT2D eigenvalue weighted by atomic mass is 32.2. The van der Waals surface area contributed by atoms with E-state index in [1.165, 1.54) is 12.1 Å². The molecular formula is C19H26N2O8S. The molecule has 0 saturated carbocycles. The summed E-state index contributed by atoms with van der Waals surface area (Å²) in [5.41, 5.74) is 0. The maximum atomic E-state index is 12.6. The van der Waals surface area contributed by atoms with Crippen molar-refractivity contribution in [1.82, 2.24) is 10.0 Å². The number of fused-ring (bicyclic) bond motifs is 1. The van der Waals surface area contributed by atoms with Gasteiger partial charge in [-0.3, -0.25) is 0 Å². The Kier molecular flexibility index (Phi) is 5.32. The molecule has 10 nitrogen and oxygen atoms in total. The van der Waals surface area contributed by atoms with Gasteiger partial charge < -0.3 is 29.0 Å². The van der Waals surface area contributed by atoms with Crippen LogP contribution in [0, 0.1) is 0 Å². The Labute approximate surface area is 175 Å². The summed E-state index contributed by atoms with van der Waals surface area (Å²) in [4.78, 5) is 12.6. The molecular weight excluding hydrogens is 416 g/mol. The number of hydrogen-bond donors (Lipinski definition) is 2. The SMILES string of the molecule is CC1(C)OCC([C@H]2O[C@@H]3OC(C)(C)O[C@@H]3[C@@H]2NC(=O)NS(=O)(=O)c2ccccc2)O1. The Morgan fingerprint density at radius 2 is 1.70 bits per heavy atom. The smallest absolute Gasteiger partial charge is 0.329 e. The van der Waals surface area contributed by atoms with Crippen molar-refractivity contribution in [3.05, 3.63) is 30.3 Å². The number of rotatable bonds is 4. The van der Waals surface area contributed by atoms with Gasteiger partial charge in [0, 0.05) is 0 Å². The third-order valence-corrected chi connectivity index (χ3v) is 6.41. The predicted octanol–water partition coefficient (Wildman–Crippen LogP) is 1.07. The average Bonchev–Trinajstić information content (AvgIpc) is 3.25. The highest BCUT2D eigenvalue weighted by molar-refractivity contribution is 7.90. The van der Waals surface area contributed by atoms with Crippen LogP contribution < -0.4 is 10.0 Å². The fraction of sp³-hybridized carbons (Fsp3) is 0.632. The van der Waals surface area contributed by atoms with Crippen LogP contribution in [0.15, 0.2) is 35.2 Å². The standard InChI is InChI=1S/C19H26N2O8S/c1-18(2)25-10-12(27-18)14-13(15-16(26-14)29-19(3,4)28-15)20-17(22)21-30(23,24)11-8-6-5-7-9-11/h5-9,12-16H,10H2,1-4H3,(H2,20,21,22)/t12?,13-,14-,15-,16-/m1/s1. The Hall–Kier alpha value is -1.76. The molecule has 0 spiro atoms. The lowest BCUT2D eigenvalue weighted by molar-refractivity contribution is -0.223. The topological polar surface area (TPSA) is 121 Å². The maximum Gasteiger partial charge on any atom is 0.329 e. The lowest BCUT2D eigenvalue weighted by Crippen LogP contribution is -2.55. The molecule has 30 heavy (non-hydrogen) atoms. The van der Waals surface area contributed by atoms with Gasteiger partial charge in [0.2, 0.25) is 0 Å². The van der Waals surface area contributed by atoms with Crippen LogP contribution in [0.1, 0.15) is 27.7 Å². The molecule has 3 aliphatic rings. The fourth-order valence-electron chi connectivity index (χ4n) is 3.85. The van der Waals surface area contributed by atoms with Crippen molar-refractivity contribution < 1.29 is 36.9 Å². The number of sulfonamides is 1. The Balaban J connectivity index is 1.50. The van der Waals surface area contributed by atoms with E-state index in [1.807, 2.05) is 4.72 Å². The second-order valence-electron chi connectivity index (χ2n) is 8.35. The summed E-state index contributed by atoms with van der Waals surface area (Å²) >= 11 is 0. The number of ether oxygens (including phenoxy) is 5. The summed E-state index contributed by atoms with van der Waals surface area (Å²) in [7, 11) is -4.03. The lowest BCUT2D eigenvalue weighted by atomic mass is 10.0. The molecule has 166 valence electrons. The normalized spacial score (nSPS) is 34.5. The van der Waals surface area contributed by atoms with Crippen molar-refractivity contribution in [2.24, 2.45) is 0 Å². The van der Waals surface area contributed by atoms with E-state index in [1.54, 1.807) is 45.9 Å². The second kappa shape index (κ2) is 7.43. The molecule has 5 atom stereocenters. The molecule has 2 amide bonds. The summed E-state index contributed by atoms with van der Waals surface area (Å²) in [6, 6.07) is 6.01. The molecule has 0 radical (unpaired) electrons. The van der Waals surface area contributed by atoms with Crippen LogP contribution in [0.2, 0.25) is 0 Å². The van der Waals surface area contributed by atoms with E-state index in [9.17, 15) is 13.2 Å². The summed E-state index contributed by atoms with van der Waals surface area (Å²) in [5, 5.41) is 2.67. The molecule has 3 saturated heterocycles. The van der Waals surface area contributed by atoms with E-state index in [0.717, 1.165) is 0 Å². The minimum Gasteiger partial charge on any atom is -0.348 e. The van der Waals surface area contributed by atoms with Crippen molar-refractivity contribution in [2.45, 2.75) is 74.8 Å².